The van der Waals surface area contributed by atoms with Crippen molar-refractivity contribution in [1.82, 2.24) is 0 Å². The summed E-state index contributed by atoms with van der Waals surface area (Å²) >= 11 is 3.35. The minimum absolute atomic E-state index is 0.0976. The average Bonchev–Trinajstić information content (AvgIpc) is 2.46. The van der Waals surface area contributed by atoms with E-state index in [0.717, 1.165) is 15.6 Å². The molecule has 0 bridgehead atoms. The molecule has 0 aliphatic rings. The lowest BCUT2D eigenvalue weighted by molar-refractivity contribution is -0.274. The Morgan fingerprint density at radius 3 is 2.23 bits per heavy atom. The Hall–Kier alpha value is -1.73. The van der Waals surface area contributed by atoms with E-state index in [9.17, 15) is 13.2 Å². The van der Waals surface area contributed by atoms with Crippen molar-refractivity contribution in [3.63, 3.8) is 0 Å². The zero-order valence-electron chi connectivity index (χ0n) is 11.5. The third-order valence-corrected chi connectivity index (χ3v) is 3.34. The van der Waals surface area contributed by atoms with Gasteiger partial charge in [0, 0.05) is 7.11 Å². The molecule has 0 atom stereocenters. The highest BCUT2D eigenvalue weighted by atomic mass is 79.9. The van der Waals surface area contributed by atoms with Crippen LogP contribution in [0.1, 0.15) is 0 Å². The standard InChI is InChI=1S/C15H12BrF3O3/c1-20-9-21-14-8-11(4-7-13(14)16)10-2-5-12(6-3-10)22-15(17,18)19/h2-8H,9H2,1H3. The highest BCUT2D eigenvalue weighted by Crippen LogP contribution is 2.32. The molecule has 7 heteroatoms. The Balaban J connectivity index is 2.21. The molecule has 0 unspecified atom stereocenters. The normalized spacial score (nSPS) is 11.3. The van der Waals surface area contributed by atoms with Crippen molar-refractivity contribution < 1.29 is 27.4 Å². The van der Waals surface area contributed by atoms with Crippen LogP contribution in [0.5, 0.6) is 11.5 Å². The van der Waals surface area contributed by atoms with Crippen molar-refractivity contribution in [2.75, 3.05) is 13.9 Å². The van der Waals surface area contributed by atoms with Gasteiger partial charge in [-0.25, -0.2) is 0 Å². The number of benzene rings is 2. The topological polar surface area (TPSA) is 27.7 Å². The fourth-order valence-corrected chi connectivity index (χ4v) is 2.13. The van der Waals surface area contributed by atoms with E-state index in [1.807, 2.05) is 6.07 Å². The van der Waals surface area contributed by atoms with Crippen molar-refractivity contribution in [2.45, 2.75) is 6.36 Å². The number of hydrogen-bond donors (Lipinski definition) is 0. The maximum atomic E-state index is 12.1. The van der Waals surface area contributed by atoms with Crippen LogP contribution in [-0.2, 0) is 4.74 Å². The van der Waals surface area contributed by atoms with Crippen LogP contribution in [-0.4, -0.2) is 20.3 Å². The molecule has 2 rings (SSSR count). The zero-order valence-corrected chi connectivity index (χ0v) is 13.1. The molecule has 0 saturated heterocycles. The lowest BCUT2D eigenvalue weighted by atomic mass is 10.1. The summed E-state index contributed by atoms with van der Waals surface area (Å²) in [5, 5.41) is 0. The monoisotopic (exact) mass is 376 g/mol. The van der Waals surface area contributed by atoms with E-state index in [4.69, 9.17) is 9.47 Å². The predicted molar refractivity (Wildman–Crippen MR) is 78.8 cm³/mol. The van der Waals surface area contributed by atoms with E-state index in [1.165, 1.54) is 19.2 Å². The predicted octanol–water partition coefficient (Wildman–Crippen LogP) is 5.00. The van der Waals surface area contributed by atoms with E-state index < -0.39 is 6.36 Å². The van der Waals surface area contributed by atoms with E-state index in [2.05, 4.69) is 20.7 Å². The van der Waals surface area contributed by atoms with Gasteiger partial charge in [-0.1, -0.05) is 18.2 Å². The molecule has 2 aromatic rings. The van der Waals surface area contributed by atoms with Crippen LogP contribution < -0.4 is 9.47 Å². The molecule has 0 heterocycles. The van der Waals surface area contributed by atoms with Crippen molar-refractivity contribution in [2.24, 2.45) is 0 Å². The quantitative estimate of drug-likeness (QED) is 0.687. The minimum atomic E-state index is -4.69. The van der Waals surface area contributed by atoms with Crippen molar-refractivity contribution in [3.05, 3.63) is 46.9 Å². The summed E-state index contributed by atoms with van der Waals surface area (Å²) in [5.74, 6) is 0.319. The molecule has 0 aliphatic carbocycles. The smallest absolute Gasteiger partial charge is 0.466 e. The lowest BCUT2D eigenvalue weighted by Gasteiger charge is -2.11. The van der Waals surface area contributed by atoms with Gasteiger partial charge in [0.25, 0.3) is 0 Å². The van der Waals surface area contributed by atoms with Crippen LogP contribution in [0.3, 0.4) is 0 Å². The first kappa shape index (κ1) is 16.6. The highest BCUT2D eigenvalue weighted by Gasteiger charge is 2.30. The number of halogens is 4. The molecular formula is C15H12BrF3O3. The molecule has 0 aliphatic heterocycles. The first-order valence-corrected chi connectivity index (χ1v) is 6.96. The fraction of sp³-hybridized carbons (Fsp3) is 0.200. The summed E-state index contributed by atoms with van der Waals surface area (Å²) < 4.78 is 51.2. The molecule has 22 heavy (non-hydrogen) atoms. The number of rotatable bonds is 5. The molecule has 0 N–H and O–H groups in total. The second-order valence-corrected chi connectivity index (χ2v) is 5.12. The van der Waals surface area contributed by atoms with Crippen LogP contribution >= 0.6 is 15.9 Å². The molecule has 118 valence electrons. The fourth-order valence-electron chi connectivity index (χ4n) is 1.77. The van der Waals surface area contributed by atoms with E-state index in [0.29, 0.717) is 5.75 Å². The van der Waals surface area contributed by atoms with Crippen LogP contribution in [0, 0.1) is 0 Å². The molecular weight excluding hydrogens is 365 g/mol. The van der Waals surface area contributed by atoms with E-state index in [-0.39, 0.29) is 12.5 Å². The summed E-state index contributed by atoms with van der Waals surface area (Å²) in [6.07, 6.45) is -4.69. The second-order valence-electron chi connectivity index (χ2n) is 4.27. The van der Waals surface area contributed by atoms with Crippen LogP contribution in [0.15, 0.2) is 46.9 Å². The number of methoxy groups -OCH3 is 1. The molecule has 0 radical (unpaired) electrons. The highest BCUT2D eigenvalue weighted by molar-refractivity contribution is 9.10. The Morgan fingerprint density at radius 2 is 1.64 bits per heavy atom. The number of hydrogen-bond acceptors (Lipinski definition) is 3. The lowest BCUT2D eigenvalue weighted by Crippen LogP contribution is -2.16. The third kappa shape index (κ3) is 4.64. The van der Waals surface area contributed by atoms with Gasteiger partial charge in [0.1, 0.15) is 11.5 Å². The first-order chi connectivity index (χ1) is 10.4. The molecule has 2 aromatic carbocycles. The Kier molecular flexibility index (Phi) is 5.31. The summed E-state index contributed by atoms with van der Waals surface area (Å²) in [6, 6.07) is 11.0. The van der Waals surface area contributed by atoms with Gasteiger partial charge < -0.3 is 14.2 Å². The van der Waals surface area contributed by atoms with Gasteiger partial charge in [-0.2, -0.15) is 0 Å². The number of alkyl halides is 3. The van der Waals surface area contributed by atoms with Gasteiger partial charge in [-0.15, -0.1) is 13.2 Å². The van der Waals surface area contributed by atoms with Crippen molar-refractivity contribution in [3.8, 4) is 22.6 Å². The van der Waals surface area contributed by atoms with Gasteiger partial charge in [0.2, 0.25) is 0 Å². The SMILES string of the molecule is COCOc1cc(-c2ccc(OC(F)(F)F)cc2)ccc1Br. The van der Waals surface area contributed by atoms with Crippen LogP contribution in [0.4, 0.5) is 13.2 Å². The second kappa shape index (κ2) is 7.02. The van der Waals surface area contributed by atoms with Gasteiger partial charge in [-0.05, 0) is 51.3 Å². The van der Waals surface area contributed by atoms with E-state index in [1.54, 1.807) is 24.3 Å². The van der Waals surface area contributed by atoms with Gasteiger partial charge in [0.15, 0.2) is 6.79 Å². The third-order valence-electron chi connectivity index (χ3n) is 2.68. The number of ether oxygens (including phenoxy) is 3. The van der Waals surface area contributed by atoms with Gasteiger partial charge >= 0.3 is 6.36 Å². The molecule has 3 nitrogen and oxygen atoms in total. The molecule has 0 amide bonds. The maximum absolute atomic E-state index is 12.1. The summed E-state index contributed by atoms with van der Waals surface area (Å²) in [5.41, 5.74) is 1.54. The largest absolute Gasteiger partial charge is 0.573 e. The first-order valence-electron chi connectivity index (χ1n) is 6.16. The maximum Gasteiger partial charge on any atom is 0.573 e. The average molecular weight is 377 g/mol. The van der Waals surface area contributed by atoms with Crippen LogP contribution in [0.25, 0.3) is 11.1 Å². The molecule has 0 aromatic heterocycles. The molecule has 0 spiro atoms. The molecule has 0 saturated carbocycles. The minimum Gasteiger partial charge on any atom is -0.466 e. The van der Waals surface area contributed by atoms with Crippen molar-refractivity contribution >= 4 is 15.9 Å². The molecule has 0 fully saturated rings. The van der Waals surface area contributed by atoms with Crippen molar-refractivity contribution in [1.29, 1.82) is 0 Å². The van der Waals surface area contributed by atoms with Gasteiger partial charge in [0.05, 0.1) is 4.47 Å². The Labute approximate surface area is 133 Å². The van der Waals surface area contributed by atoms with Gasteiger partial charge in [-0.3, -0.25) is 0 Å². The van der Waals surface area contributed by atoms with E-state index >= 15 is 0 Å². The summed E-state index contributed by atoms with van der Waals surface area (Å²) in [4.78, 5) is 0. The van der Waals surface area contributed by atoms with Crippen LogP contribution in [0.2, 0.25) is 0 Å². The Bertz CT molecular complexity index is 627. The zero-order chi connectivity index (χ0) is 16.2. The summed E-state index contributed by atoms with van der Waals surface area (Å²) in [7, 11) is 1.51. The Morgan fingerprint density at radius 1 is 1.00 bits per heavy atom. The summed E-state index contributed by atoms with van der Waals surface area (Å²) in [6.45, 7) is 0.0976.